The fourth-order valence-corrected chi connectivity index (χ4v) is 1.71. The minimum Gasteiger partial charge on any atom is -0.478 e. The van der Waals surface area contributed by atoms with Crippen molar-refractivity contribution in [3.8, 4) is 11.8 Å². The van der Waals surface area contributed by atoms with Crippen LogP contribution in [0.4, 0.5) is 0 Å². The largest absolute Gasteiger partial charge is 0.478 e. The predicted molar refractivity (Wildman–Crippen MR) is 59.8 cm³/mol. The van der Waals surface area contributed by atoms with Crippen LogP contribution in [-0.2, 0) is 0 Å². The van der Waals surface area contributed by atoms with Crippen LogP contribution in [0.1, 0.15) is 18.9 Å². The Bertz CT molecular complexity index is 351. The highest BCUT2D eigenvalue weighted by Gasteiger charge is 2.18. The van der Waals surface area contributed by atoms with Crippen molar-refractivity contribution in [2.24, 2.45) is 0 Å². The molecule has 1 aliphatic heterocycles. The summed E-state index contributed by atoms with van der Waals surface area (Å²) >= 11 is 0. The molecule has 1 N–H and O–H groups in total. The van der Waals surface area contributed by atoms with Gasteiger partial charge in [-0.25, -0.2) is 9.97 Å². The Morgan fingerprint density at radius 3 is 2.94 bits per heavy atom. The zero-order valence-electron chi connectivity index (χ0n) is 9.69. The van der Waals surface area contributed by atoms with Crippen LogP contribution < -0.4 is 14.8 Å². The van der Waals surface area contributed by atoms with Gasteiger partial charge in [-0.2, -0.15) is 0 Å². The third kappa shape index (κ3) is 2.41. The normalized spacial score (nSPS) is 19.8. The van der Waals surface area contributed by atoms with E-state index in [9.17, 15) is 0 Å². The van der Waals surface area contributed by atoms with Crippen LogP contribution in [0.25, 0.3) is 0 Å². The molecule has 1 unspecified atom stereocenters. The second-order valence-electron chi connectivity index (χ2n) is 3.77. The van der Waals surface area contributed by atoms with Crippen molar-refractivity contribution in [3.63, 3.8) is 0 Å². The Morgan fingerprint density at radius 1 is 1.44 bits per heavy atom. The summed E-state index contributed by atoms with van der Waals surface area (Å²) in [6, 6.07) is 0. The Hall–Kier alpha value is -1.36. The SMILES string of the molecule is CCOc1ncnc(OC2CCNC2)c1C. The van der Waals surface area contributed by atoms with Crippen molar-refractivity contribution >= 4 is 0 Å². The first-order valence-corrected chi connectivity index (χ1v) is 5.63. The first-order chi connectivity index (χ1) is 7.81. The molecule has 2 rings (SSSR count). The highest BCUT2D eigenvalue weighted by molar-refractivity contribution is 5.32. The van der Waals surface area contributed by atoms with Crippen LogP contribution in [0.2, 0.25) is 0 Å². The van der Waals surface area contributed by atoms with Gasteiger partial charge in [0, 0.05) is 6.54 Å². The highest BCUT2D eigenvalue weighted by atomic mass is 16.5. The van der Waals surface area contributed by atoms with Gasteiger partial charge in [0.2, 0.25) is 11.8 Å². The number of nitrogens with one attached hydrogen (secondary N) is 1. The van der Waals surface area contributed by atoms with E-state index in [4.69, 9.17) is 9.47 Å². The van der Waals surface area contributed by atoms with Gasteiger partial charge in [0.15, 0.2) is 0 Å². The molecule has 1 saturated heterocycles. The maximum atomic E-state index is 5.80. The summed E-state index contributed by atoms with van der Waals surface area (Å²) in [7, 11) is 0. The van der Waals surface area contributed by atoms with Gasteiger partial charge in [0.25, 0.3) is 0 Å². The second kappa shape index (κ2) is 5.12. The van der Waals surface area contributed by atoms with Crippen molar-refractivity contribution in [3.05, 3.63) is 11.9 Å². The molecule has 5 heteroatoms. The van der Waals surface area contributed by atoms with E-state index in [1.54, 1.807) is 0 Å². The van der Waals surface area contributed by atoms with Crippen LogP contribution in [0, 0.1) is 6.92 Å². The van der Waals surface area contributed by atoms with E-state index in [2.05, 4.69) is 15.3 Å². The molecule has 1 fully saturated rings. The van der Waals surface area contributed by atoms with Crippen molar-refractivity contribution in [2.45, 2.75) is 26.4 Å². The molecule has 1 aromatic heterocycles. The monoisotopic (exact) mass is 223 g/mol. The maximum absolute atomic E-state index is 5.80. The topological polar surface area (TPSA) is 56.3 Å². The number of hydrogen-bond donors (Lipinski definition) is 1. The molecule has 1 aliphatic rings. The third-order valence-electron chi connectivity index (χ3n) is 2.57. The van der Waals surface area contributed by atoms with E-state index in [0.717, 1.165) is 25.1 Å². The van der Waals surface area contributed by atoms with Crippen LogP contribution in [0.3, 0.4) is 0 Å². The second-order valence-corrected chi connectivity index (χ2v) is 3.77. The Balaban J connectivity index is 2.10. The van der Waals surface area contributed by atoms with E-state index >= 15 is 0 Å². The zero-order valence-corrected chi connectivity index (χ0v) is 9.69. The molecule has 88 valence electrons. The fraction of sp³-hybridized carbons (Fsp3) is 0.636. The van der Waals surface area contributed by atoms with Crippen molar-refractivity contribution in [1.82, 2.24) is 15.3 Å². The van der Waals surface area contributed by atoms with Crippen molar-refractivity contribution < 1.29 is 9.47 Å². The predicted octanol–water partition coefficient (Wildman–Crippen LogP) is 0.924. The number of nitrogens with zero attached hydrogens (tertiary/aromatic N) is 2. The van der Waals surface area contributed by atoms with Crippen LogP contribution in [0.15, 0.2) is 6.33 Å². The van der Waals surface area contributed by atoms with Gasteiger partial charge in [-0.3, -0.25) is 0 Å². The molecule has 0 aliphatic carbocycles. The number of ether oxygens (including phenoxy) is 2. The zero-order chi connectivity index (χ0) is 11.4. The number of rotatable bonds is 4. The van der Waals surface area contributed by atoms with Crippen LogP contribution >= 0.6 is 0 Å². The van der Waals surface area contributed by atoms with Gasteiger partial charge in [0.05, 0.1) is 12.2 Å². The van der Waals surface area contributed by atoms with Gasteiger partial charge < -0.3 is 14.8 Å². The smallest absolute Gasteiger partial charge is 0.223 e. The summed E-state index contributed by atoms with van der Waals surface area (Å²) < 4.78 is 11.2. The highest BCUT2D eigenvalue weighted by Crippen LogP contribution is 2.23. The van der Waals surface area contributed by atoms with Crippen molar-refractivity contribution in [2.75, 3.05) is 19.7 Å². The summed E-state index contributed by atoms with van der Waals surface area (Å²) in [4.78, 5) is 8.22. The van der Waals surface area contributed by atoms with E-state index in [1.165, 1.54) is 6.33 Å². The molecular weight excluding hydrogens is 206 g/mol. The minimum atomic E-state index is 0.211. The molecule has 2 heterocycles. The lowest BCUT2D eigenvalue weighted by Crippen LogP contribution is -2.20. The Kier molecular flexibility index (Phi) is 3.56. The van der Waals surface area contributed by atoms with Crippen LogP contribution in [-0.4, -0.2) is 35.8 Å². The molecule has 0 bridgehead atoms. The first-order valence-electron chi connectivity index (χ1n) is 5.63. The molecule has 16 heavy (non-hydrogen) atoms. The Labute approximate surface area is 95.2 Å². The maximum Gasteiger partial charge on any atom is 0.223 e. The molecule has 0 amide bonds. The molecular formula is C11H17N3O2. The van der Waals surface area contributed by atoms with Gasteiger partial charge in [-0.05, 0) is 26.8 Å². The lowest BCUT2D eigenvalue weighted by atomic mass is 10.3. The van der Waals surface area contributed by atoms with Gasteiger partial charge >= 0.3 is 0 Å². The average Bonchev–Trinajstić information content (AvgIpc) is 2.77. The third-order valence-corrected chi connectivity index (χ3v) is 2.57. The number of aromatic nitrogens is 2. The van der Waals surface area contributed by atoms with Crippen LogP contribution in [0.5, 0.6) is 11.8 Å². The summed E-state index contributed by atoms with van der Waals surface area (Å²) in [6.07, 6.45) is 2.71. The average molecular weight is 223 g/mol. The van der Waals surface area contributed by atoms with E-state index < -0.39 is 0 Å². The molecule has 0 aromatic carbocycles. The molecule has 5 nitrogen and oxygen atoms in total. The van der Waals surface area contributed by atoms with Gasteiger partial charge in [-0.1, -0.05) is 0 Å². The summed E-state index contributed by atoms with van der Waals surface area (Å²) in [5, 5.41) is 3.25. The van der Waals surface area contributed by atoms with Crippen molar-refractivity contribution in [1.29, 1.82) is 0 Å². The molecule has 1 atom stereocenters. The van der Waals surface area contributed by atoms with Gasteiger partial charge in [-0.15, -0.1) is 0 Å². The lowest BCUT2D eigenvalue weighted by molar-refractivity contribution is 0.209. The molecule has 0 radical (unpaired) electrons. The molecule has 0 spiro atoms. The van der Waals surface area contributed by atoms with E-state index in [0.29, 0.717) is 18.4 Å². The standard InChI is InChI=1S/C11H17N3O2/c1-3-15-10-8(2)11(14-7-13-10)16-9-4-5-12-6-9/h7,9,12H,3-6H2,1-2H3. The quantitative estimate of drug-likeness (QED) is 0.822. The molecule has 1 aromatic rings. The lowest BCUT2D eigenvalue weighted by Gasteiger charge is -2.14. The van der Waals surface area contributed by atoms with Gasteiger partial charge in [0.1, 0.15) is 12.4 Å². The summed E-state index contributed by atoms with van der Waals surface area (Å²) in [5.41, 5.74) is 0.872. The van der Waals surface area contributed by atoms with E-state index in [1.807, 2.05) is 13.8 Å². The Morgan fingerprint density at radius 2 is 2.25 bits per heavy atom. The summed E-state index contributed by atoms with van der Waals surface area (Å²) in [5.74, 6) is 1.24. The molecule has 0 saturated carbocycles. The minimum absolute atomic E-state index is 0.211. The summed E-state index contributed by atoms with van der Waals surface area (Å²) in [6.45, 7) is 6.34. The fourth-order valence-electron chi connectivity index (χ4n) is 1.71. The first kappa shape index (κ1) is 11.1. The number of hydrogen-bond acceptors (Lipinski definition) is 5. The van der Waals surface area contributed by atoms with E-state index in [-0.39, 0.29) is 6.10 Å².